The average Bonchev–Trinajstić information content (AvgIpc) is 2.88. The molecule has 8 heteroatoms. The molecule has 6 nitrogen and oxygen atoms in total. The molecule has 2 aliphatic heterocycles. The highest BCUT2D eigenvalue weighted by Gasteiger charge is 2.46. The Morgan fingerprint density at radius 1 is 0.857 bits per heavy atom. The normalized spacial score (nSPS) is 43.8. The third kappa shape index (κ3) is 6.43. The monoisotopic (exact) mass is 491 g/mol. The molecular formula is C27H43F2N5O. The number of carbonyl (C=O) groups is 1. The number of piperazine rings is 1. The molecule has 1 saturated heterocycles. The van der Waals surface area contributed by atoms with Gasteiger partial charge in [-0.1, -0.05) is 6.08 Å². The summed E-state index contributed by atoms with van der Waals surface area (Å²) < 4.78 is 27.8. The van der Waals surface area contributed by atoms with Crippen molar-refractivity contribution in [1.82, 2.24) is 21.3 Å². The molecule has 35 heavy (non-hydrogen) atoms. The lowest BCUT2D eigenvalue weighted by molar-refractivity contribution is 0.0537. The first-order chi connectivity index (χ1) is 17.0. The Bertz CT molecular complexity index is 763. The van der Waals surface area contributed by atoms with E-state index in [1.54, 1.807) is 6.20 Å². The van der Waals surface area contributed by atoms with E-state index in [4.69, 9.17) is 0 Å². The quantitative estimate of drug-likeness (QED) is 0.466. The lowest BCUT2D eigenvalue weighted by Crippen LogP contribution is -2.71. The van der Waals surface area contributed by atoms with Crippen LogP contribution in [0.15, 0.2) is 17.3 Å². The van der Waals surface area contributed by atoms with E-state index in [-0.39, 0.29) is 12.1 Å². The van der Waals surface area contributed by atoms with Crippen molar-refractivity contribution in [2.45, 2.75) is 120 Å². The van der Waals surface area contributed by atoms with E-state index < -0.39 is 12.3 Å². The zero-order chi connectivity index (χ0) is 24.2. The van der Waals surface area contributed by atoms with Gasteiger partial charge in [0.2, 0.25) is 0 Å². The van der Waals surface area contributed by atoms with E-state index in [1.807, 2.05) is 12.3 Å². The van der Waals surface area contributed by atoms with E-state index in [1.165, 1.54) is 0 Å². The second-order valence-electron chi connectivity index (χ2n) is 11.7. The van der Waals surface area contributed by atoms with Crippen molar-refractivity contribution >= 4 is 12.2 Å². The summed E-state index contributed by atoms with van der Waals surface area (Å²) in [6.07, 6.45) is 14.6. The lowest BCUT2D eigenvalue weighted by Gasteiger charge is -2.53. The molecule has 4 N–H and O–H groups in total. The molecule has 0 spiro atoms. The van der Waals surface area contributed by atoms with Gasteiger partial charge >= 0.3 is 6.03 Å². The predicted octanol–water partition coefficient (Wildman–Crippen LogP) is 4.17. The molecule has 0 aromatic heterocycles. The van der Waals surface area contributed by atoms with Crippen LogP contribution in [-0.4, -0.2) is 61.3 Å². The maximum absolute atomic E-state index is 13.9. The molecule has 6 atom stereocenters. The molecule has 2 heterocycles. The molecule has 196 valence electrons. The van der Waals surface area contributed by atoms with Gasteiger partial charge in [-0.05, 0) is 88.9 Å². The Labute approximate surface area is 208 Å². The zero-order valence-corrected chi connectivity index (χ0v) is 20.8. The number of alkyl halides is 2. The maximum Gasteiger partial charge on any atom is 0.315 e. The van der Waals surface area contributed by atoms with Gasteiger partial charge in [0.25, 0.3) is 0 Å². The molecule has 4 fully saturated rings. The van der Waals surface area contributed by atoms with Gasteiger partial charge in [0.05, 0.1) is 0 Å². The first kappa shape index (κ1) is 25.1. The third-order valence-electron chi connectivity index (χ3n) is 9.29. The number of fused-ring (bicyclic) bond motifs is 1. The van der Waals surface area contributed by atoms with Crippen LogP contribution in [0.2, 0.25) is 0 Å². The first-order valence-corrected chi connectivity index (χ1v) is 14.1. The molecule has 5 aliphatic rings. The van der Waals surface area contributed by atoms with Crippen LogP contribution in [0.3, 0.4) is 0 Å². The minimum Gasteiger partial charge on any atom is -0.338 e. The van der Waals surface area contributed by atoms with Crippen molar-refractivity contribution in [1.29, 1.82) is 0 Å². The zero-order valence-electron chi connectivity index (χ0n) is 20.8. The molecule has 0 aromatic carbocycles. The second-order valence-corrected chi connectivity index (χ2v) is 11.7. The number of carbonyl (C=O) groups excluding carboxylic acids is 1. The van der Waals surface area contributed by atoms with E-state index in [0.717, 1.165) is 51.4 Å². The van der Waals surface area contributed by atoms with Crippen molar-refractivity contribution in [3.63, 3.8) is 0 Å². The van der Waals surface area contributed by atoms with Gasteiger partial charge in [0, 0.05) is 55.1 Å². The fourth-order valence-electron chi connectivity index (χ4n) is 7.24. The van der Waals surface area contributed by atoms with Crippen LogP contribution < -0.4 is 21.3 Å². The molecule has 3 aliphatic carbocycles. The van der Waals surface area contributed by atoms with Crippen molar-refractivity contribution in [3.8, 4) is 0 Å². The van der Waals surface area contributed by atoms with Gasteiger partial charge in [-0.25, -0.2) is 13.6 Å². The smallest absolute Gasteiger partial charge is 0.315 e. The summed E-state index contributed by atoms with van der Waals surface area (Å²) in [6, 6.07) is 1.38. The molecule has 0 aromatic rings. The van der Waals surface area contributed by atoms with Crippen LogP contribution in [0.5, 0.6) is 0 Å². The molecule has 6 unspecified atom stereocenters. The van der Waals surface area contributed by atoms with Gasteiger partial charge < -0.3 is 21.3 Å². The van der Waals surface area contributed by atoms with Gasteiger partial charge in [-0.2, -0.15) is 0 Å². The van der Waals surface area contributed by atoms with E-state index in [2.05, 4.69) is 26.3 Å². The Morgan fingerprint density at radius 3 is 2.09 bits per heavy atom. The molecule has 0 radical (unpaired) electrons. The maximum atomic E-state index is 13.9. The highest BCUT2D eigenvalue weighted by molar-refractivity contribution is 5.74. The largest absolute Gasteiger partial charge is 0.338 e. The standard InChI is InChI=1S/C27H43F2N5O/c28-20-5-1-18(2-6-20)25-26(19-3-7-21(29)8-4-19)34-24-15-22(9-10-23(24)33-25)32-27(35)31-16-17-11-13-30-14-12-17/h11,13-14,17-26,33-34H,1-10,12,15-16H2,(H2,31,32,35). The van der Waals surface area contributed by atoms with Crippen LogP contribution in [0, 0.1) is 17.8 Å². The highest BCUT2D eigenvalue weighted by Crippen LogP contribution is 2.39. The Hall–Kier alpha value is -1.54. The van der Waals surface area contributed by atoms with Gasteiger partial charge in [0.15, 0.2) is 0 Å². The highest BCUT2D eigenvalue weighted by atomic mass is 19.1. The van der Waals surface area contributed by atoms with E-state index in [9.17, 15) is 13.6 Å². The number of nitrogens with zero attached hydrogens (tertiary/aromatic N) is 1. The van der Waals surface area contributed by atoms with Crippen LogP contribution >= 0.6 is 0 Å². The Kier molecular flexibility index (Phi) is 8.38. The third-order valence-corrected chi connectivity index (χ3v) is 9.29. The Balaban J connectivity index is 1.17. The van der Waals surface area contributed by atoms with Crippen molar-refractivity contribution in [3.05, 3.63) is 12.3 Å². The number of amides is 2. The number of hydrogen-bond acceptors (Lipinski definition) is 4. The molecule has 5 rings (SSSR count). The Morgan fingerprint density at radius 2 is 1.49 bits per heavy atom. The van der Waals surface area contributed by atoms with E-state index in [0.29, 0.717) is 74.1 Å². The van der Waals surface area contributed by atoms with E-state index >= 15 is 0 Å². The molecule has 2 amide bonds. The summed E-state index contributed by atoms with van der Waals surface area (Å²) in [4.78, 5) is 16.6. The SMILES string of the molecule is O=C(NCC1C=CN=CC1)NC1CCC2NC(C3CCC(F)CC3)C(C3CCC(F)CC3)NC2C1. The summed E-state index contributed by atoms with van der Waals surface area (Å²) >= 11 is 0. The average molecular weight is 492 g/mol. The summed E-state index contributed by atoms with van der Waals surface area (Å²) in [6.45, 7) is 0.620. The number of nitrogens with one attached hydrogen (secondary N) is 4. The fourth-order valence-corrected chi connectivity index (χ4v) is 7.24. The van der Waals surface area contributed by atoms with Crippen LogP contribution in [-0.2, 0) is 0 Å². The first-order valence-electron chi connectivity index (χ1n) is 14.1. The summed E-state index contributed by atoms with van der Waals surface area (Å²) in [5.41, 5.74) is 0. The summed E-state index contributed by atoms with van der Waals surface area (Å²) in [5.74, 6) is 1.26. The van der Waals surface area contributed by atoms with Crippen molar-refractivity contribution in [2.75, 3.05) is 6.54 Å². The number of halogens is 2. The second kappa shape index (κ2) is 11.7. The van der Waals surface area contributed by atoms with Gasteiger partial charge in [-0.3, -0.25) is 4.99 Å². The van der Waals surface area contributed by atoms with Crippen molar-refractivity contribution in [2.24, 2.45) is 22.7 Å². The molecule has 3 saturated carbocycles. The predicted molar refractivity (Wildman–Crippen MR) is 135 cm³/mol. The topological polar surface area (TPSA) is 77.5 Å². The number of urea groups is 1. The van der Waals surface area contributed by atoms with Gasteiger partial charge in [-0.15, -0.1) is 0 Å². The summed E-state index contributed by atoms with van der Waals surface area (Å²) in [5, 5.41) is 14.3. The van der Waals surface area contributed by atoms with Crippen LogP contribution in [0.4, 0.5) is 13.6 Å². The minimum atomic E-state index is -0.658. The summed E-state index contributed by atoms with van der Waals surface area (Å²) in [7, 11) is 0. The van der Waals surface area contributed by atoms with Crippen molar-refractivity contribution < 1.29 is 13.6 Å². The minimum absolute atomic E-state index is 0.0909. The lowest BCUT2D eigenvalue weighted by atomic mass is 9.70. The number of hydrogen-bond donors (Lipinski definition) is 4. The molecular weight excluding hydrogens is 448 g/mol. The van der Waals surface area contributed by atoms with Gasteiger partial charge in [0.1, 0.15) is 12.3 Å². The van der Waals surface area contributed by atoms with Crippen LogP contribution in [0.25, 0.3) is 0 Å². The number of rotatable bonds is 5. The van der Waals surface area contributed by atoms with Crippen LogP contribution in [0.1, 0.15) is 77.0 Å². The number of aliphatic imine (C=N–C) groups is 1. The fraction of sp³-hybridized carbons (Fsp3) is 0.852. The molecule has 0 bridgehead atoms.